The fraction of sp³-hybridized carbons (Fsp3) is 0.364. The van der Waals surface area contributed by atoms with Crippen molar-refractivity contribution in [1.29, 1.82) is 0 Å². The lowest BCUT2D eigenvalue weighted by molar-refractivity contribution is -0.142. The monoisotopic (exact) mass is 470 g/mol. The molecule has 2 aromatic carbocycles. The molecule has 8 heteroatoms. The molecule has 1 N–H and O–H groups in total. The molecular weight excluding hydrogens is 447 g/mol. The molecule has 2 rings (SSSR count). The van der Waals surface area contributed by atoms with Crippen LogP contribution in [0.15, 0.2) is 42.5 Å². The van der Waals surface area contributed by atoms with Gasteiger partial charge in [0.1, 0.15) is 11.8 Å². The van der Waals surface area contributed by atoms with Crippen LogP contribution in [0.4, 0.5) is 0 Å². The van der Waals surface area contributed by atoms with E-state index in [-0.39, 0.29) is 31.0 Å². The first-order chi connectivity index (χ1) is 14.2. The molecule has 2 amide bonds. The number of carbonyl (C=O) groups is 2. The van der Waals surface area contributed by atoms with Crippen molar-refractivity contribution < 1.29 is 14.3 Å². The van der Waals surface area contributed by atoms with Crippen LogP contribution in [0.3, 0.4) is 0 Å². The van der Waals surface area contributed by atoms with Gasteiger partial charge in [-0.1, -0.05) is 59.9 Å². The van der Waals surface area contributed by atoms with Crippen molar-refractivity contribution in [3.63, 3.8) is 0 Å². The summed E-state index contributed by atoms with van der Waals surface area (Å²) in [4.78, 5) is 27.2. The van der Waals surface area contributed by atoms with Gasteiger partial charge < -0.3 is 15.0 Å². The number of carbonyl (C=O) groups excluding carboxylic acids is 2. The Balaban J connectivity index is 2.19. The normalized spacial score (nSPS) is 12.7. The number of benzene rings is 2. The lowest BCUT2D eigenvalue weighted by atomic mass is 10.1. The summed E-state index contributed by atoms with van der Waals surface area (Å²) in [5, 5.41) is 4.20. The van der Waals surface area contributed by atoms with E-state index in [0.29, 0.717) is 20.8 Å². The average Bonchev–Trinajstić information content (AvgIpc) is 2.71. The highest BCUT2D eigenvalue weighted by Crippen LogP contribution is 2.27. The Kier molecular flexibility index (Phi) is 9.28. The van der Waals surface area contributed by atoms with E-state index in [0.717, 1.165) is 12.0 Å². The van der Waals surface area contributed by atoms with E-state index in [2.05, 4.69) is 5.32 Å². The van der Waals surface area contributed by atoms with Gasteiger partial charge in [0.2, 0.25) is 5.91 Å². The third kappa shape index (κ3) is 6.79. The Morgan fingerprint density at radius 1 is 1.07 bits per heavy atom. The maximum atomic E-state index is 13.0. The molecule has 0 bridgehead atoms. The molecule has 0 aliphatic rings. The largest absolute Gasteiger partial charge is 0.482 e. The van der Waals surface area contributed by atoms with Gasteiger partial charge in [-0.05, 0) is 50.1 Å². The smallest absolute Gasteiger partial charge is 0.261 e. The second-order valence-corrected chi connectivity index (χ2v) is 8.22. The third-order valence-electron chi connectivity index (χ3n) is 4.71. The topological polar surface area (TPSA) is 58.6 Å². The van der Waals surface area contributed by atoms with E-state index >= 15 is 0 Å². The molecule has 2 atom stereocenters. The second-order valence-electron chi connectivity index (χ2n) is 6.97. The van der Waals surface area contributed by atoms with Crippen LogP contribution in [0.25, 0.3) is 0 Å². The summed E-state index contributed by atoms with van der Waals surface area (Å²) in [6, 6.07) is 11.2. The van der Waals surface area contributed by atoms with E-state index in [1.165, 1.54) is 11.0 Å². The molecular formula is C22H25Cl3N2O3. The van der Waals surface area contributed by atoms with Gasteiger partial charge in [0.25, 0.3) is 5.91 Å². The molecule has 0 heterocycles. The van der Waals surface area contributed by atoms with Gasteiger partial charge in [-0.3, -0.25) is 9.59 Å². The van der Waals surface area contributed by atoms with Crippen molar-refractivity contribution in [3.8, 4) is 5.75 Å². The van der Waals surface area contributed by atoms with E-state index in [9.17, 15) is 9.59 Å². The van der Waals surface area contributed by atoms with Gasteiger partial charge >= 0.3 is 0 Å². The highest BCUT2D eigenvalue weighted by Gasteiger charge is 2.27. The van der Waals surface area contributed by atoms with Gasteiger partial charge in [0.05, 0.1) is 5.02 Å². The van der Waals surface area contributed by atoms with Crippen molar-refractivity contribution in [2.75, 3.05) is 6.61 Å². The SMILES string of the molecule is CC[C@H](C)NC(=O)[C@@H](C)N(Cc1ccccc1Cl)C(=O)COc1ccc(Cl)cc1Cl. The summed E-state index contributed by atoms with van der Waals surface area (Å²) in [5.41, 5.74) is 0.736. The van der Waals surface area contributed by atoms with Gasteiger partial charge in [-0.2, -0.15) is 0 Å². The quantitative estimate of drug-likeness (QED) is 0.536. The van der Waals surface area contributed by atoms with Crippen molar-refractivity contribution in [2.45, 2.75) is 45.8 Å². The van der Waals surface area contributed by atoms with Crippen molar-refractivity contribution >= 4 is 46.6 Å². The van der Waals surface area contributed by atoms with Crippen molar-refractivity contribution in [2.24, 2.45) is 0 Å². The first-order valence-electron chi connectivity index (χ1n) is 9.64. The fourth-order valence-electron chi connectivity index (χ4n) is 2.67. The highest BCUT2D eigenvalue weighted by atomic mass is 35.5. The van der Waals surface area contributed by atoms with Crippen LogP contribution in [0, 0.1) is 0 Å². The van der Waals surface area contributed by atoms with Crippen LogP contribution in [-0.2, 0) is 16.1 Å². The molecule has 2 aromatic rings. The third-order valence-corrected chi connectivity index (χ3v) is 5.61. The number of nitrogens with one attached hydrogen (secondary N) is 1. The first-order valence-corrected chi connectivity index (χ1v) is 10.8. The molecule has 0 saturated carbocycles. The van der Waals surface area contributed by atoms with Gasteiger partial charge in [-0.25, -0.2) is 0 Å². The van der Waals surface area contributed by atoms with Gasteiger partial charge in [-0.15, -0.1) is 0 Å². The minimum atomic E-state index is -0.716. The minimum absolute atomic E-state index is 0.00124. The van der Waals surface area contributed by atoms with Crippen LogP contribution in [-0.4, -0.2) is 35.4 Å². The van der Waals surface area contributed by atoms with E-state index in [1.807, 2.05) is 32.0 Å². The van der Waals surface area contributed by atoms with Gasteiger partial charge in [0, 0.05) is 22.6 Å². The Labute approximate surface area is 192 Å². The Hall–Kier alpha value is -1.95. The van der Waals surface area contributed by atoms with E-state index < -0.39 is 6.04 Å². The molecule has 0 aliphatic carbocycles. The van der Waals surface area contributed by atoms with Crippen molar-refractivity contribution in [3.05, 3.63) is 63.1 Å². The summed E-state index contributed by atoms with van der Waals surface area (Å²) in [5.74, 6) is -0.272. The summed E-state index contributed by atoms with van der Waals surface area (Å²) in [6.07, 6.45) is 0.787. The molecule has 0 saturated heterocycles. The van der Waals surface area contributed by atoms with Crippen LogP contribution in [0.5, 0.6) is 5.75 Å². The van der Waals surface area contributed by atoms with Crippen LogP contribution >= 0.6 is 34.8 Å². The lowest BCUT2D eigenvalue weighted by Gasteiger charge is -2.30. The summed E-state index contributed by atoms with van der Waals surface area (Å²) < 4.78 is 5.59. The van der Waals surface area contributed by atoms with Crippen LogP contribution < -0.4 is 10.1 Å². The molecule has 5 nitrogen and oxygen atoms in total. The zero-order chi connectivity index (χ0) is 22.3. The summed E-state index contributed by atoms with van der Waals surface area (Å²) >= 11 is 18.3. The zero-order valence-electron chi connectivity index (χ0n) is 17.1. The van der Waals surface area contributed by atoms with E-state index in [4.69, 9.17) is 39.5 Å². The zero-order valence-corrected chi connectivity index (χ0v) is 19.4. The van der Waals surface area contributed by atoms with E-state index in [1.54, 1.807) is 25.1 Å². The number of hydrogen-bond donors (Lipinski definition) is 1. The number of halogens is 3. The molecule has 0 unspecified atom stereocenters. The predicted molar refractivity (Wildman–Crippen MR) is 121 cm³/mol. The molecule has 0 aromatic heterocycles. The maximum absolute atomic E-state index is 13.0. The fourth-order valence-corrected chi connectivity index (χ4v) is 3.33. The lowest BCUT2D eigenvalue weighted by Crippen LogP contribution is -2.50. The molecule has 0 aliphatic heterocycles. The summed E-state index contributed by atoms with van der Waals surface area (Å²) in [7, 11) is 0. The average molecular weight is 472 g/mol. The molecule has 30 heavy (non-hydrogen) atoms. The number of rotatable bonds is 9. The van der Waals surface area contributed by atoms with Crippen molar-refractivity contribution in [1.82, 2.24) is 10.2 Å². The number of amides is 2. The number of nitrogens with zero attached hydrogens (tertiary/aromatic N) is 1. The maximum Gasteiger partial charge on any atom is 0.261 e. The van der Waals surface area contributed by atoms with Crippen LogP contribution in [0.1, 0.15) is 32.8 Å². The van der Waals surface area contributed by atoms with Gasteiger partial charge in [0.15, 0.2) is 6.61 Å². The molecule has 162 valence electrons. The molecule has 0 radical (unpaired) electrons. The molecule has 0 spiro atoms. The predicted octanol–water partition coefficient (Wildman–Crippen LogP) is 5.36. The highest BCUT2D eigenvalue weighted by molar-refractivity contribution is 6.35. The number of hydrogen-bond acceptors (Lipinski definition) is 3. The Morgan fingerprint density at radius 3 is 2.40 bits per heavy atom. The van der Waals surface area contributed by atoms with Crippen LogP contribution in [0.2, 0.25) is 15.1 Å². The Morgan fingerprint density at radius 2 is 1.77 bits per heavy atom. The minimum Gasteiger partial charge on any atom is -0.482 e. The Bertz CT molecular complexity index is 892. The summed E-state index contributed by atoms with van der Waals surface area (Å²) in [6.45, 7) is 5.46. The molecule has 0 fully saturated rings. The number of ether oxygens (including phenoxy) is 1. The first kappa shape index (κ1) is 24.3. The second kappa shape index (κ2) is 11.4. The standard InChI is InChI=1S/C22H25Cl3N2O3/c1-4-14(2)26-22(29)15(3)27(12-16-7-5-6-8-18(16)24)21(28)13-30-20-10-9-17(23)11-19(20)25/h5-11,14-15H,4,12-13H2,1-3H3,(H,26,29)/t14-,15+/m0/s1.